The molecule has 146 valence electrons. The molecule has 1 aromatic heterocycles. The van der Waals surface area contributed by atoms with Crippen molar-refractivity contribution in [3.05, 3.63) is 51.7 Å². The van der Waals surface area contributed by atoms with Crippen LogP contribution in [0.25, 0.3) is 5.70 Å². The highest BCUT2D eigenvalue weighted by molar-refractivity contribution is 5.81. The summed E-state index contributed by atoms with van der Waals surface area (Å²) in [6.07, 6.45) is 3.93. The third kappa shape index (κ3) is 3.38. The molecule has 1 aliphatic heterocycles. The lowest BCUT2D eigenvalue weighted by Crippen LogP contribution is -2.14. The Labute approximate surface area is 161 Å². The first kappa shape index (κ1) is 18.2. The first-order chi connectivity index (χ1) is 13.5. The molecule has 8 heteroatoms. The van der Waals surface area contributed by atoms with Crippen LogP contribution >= 0.6 is 0 Å². The van der Waals surface area contributed by atoms with Crippen molar-refractivity contribution in [1.29, 1.82) is 0 Å². The summed E-state index contributed by atoms with van der Waals surface area (Å²) in [5.74, 6) is 1.04. The van der Waals surface area contributed by atoms with Crippen LogP contribution in [-0.2, 0) is 11.3 Å². The fourth-order valence-electron chi connectivity index (χ4n) is 3.37. The largest absolute Gasteiger partial charge is 0.493 e. The number of allylic oxidation sites excluding steroid dienone is 1. The Kier molecular flexibility index (Phi) is 4.64. The third-order valence-electron chi connectivity index (χ3n) is 5.00. The van der Waals surface area contributed by atoms with Crippen LogP contribution in [0.5, 0.6) is 11.6 Å². The molecule has 2 aliphatic rings. The van der Waals surface area contributed by atoms with Crippen LogP contribution in [0.4, 0.5) is 0 Å². The molecule has 1 aliphatic carbocycles. The molecule has 1 saturated carbocycles. The zero-order valence-corrected chi connectivity index (χ0v) is 15.8. The number of aryl methyl sites for hydroxylation is 1. The van der Waals surface area contributed by atoms with Gasteiger partial charge in [0.05, 0.1) is 24.6 Å². The van der Waals surface area contributed by atoms with E-state index in [-0.39, 0.29) is 18.0 Å². The number of aromatic amines is 1. The van der Waals surface area contributed by atoms with Gasteiger partial charge in [-0.3, -0.25) is 0 Å². The molecule has 0 bridgehead atoms. The van der Waals surface area contributed by atoms with Crippen LogP contribution in [0.15, 0.2) is 39.2 Å². The number of benzene rings is 1. The van der Waals surface area contributed by atoms with Gasteiger partial charge in [-0.25, -0.2) is 19.3 Å². The molecule has 4 rings (SSSR count). The lowest BCUT2D eigenvalue weighted by Gasteiger charge is -2.11. The molecule has 0 spiro atoms. The number of ether oxygens (including phenoxy) is 2. The number of aliphatic imine (C=N–C) groups is 2. The van der Waals surface area contributed by atoms with E-state index in [2.05, 4.69) is 21.7 Å². The minimum atomic E-state index is -0.447. The van der Waals surface area contributed by atoms with E-state index in [1.54, 1.807) is 13.8 Å². The van der Waals surface area contributed by atoms with E-state index >= 15 is 0 Å². The summed E-state index contributed by atoms with van der Waals surface area (Å²) in [5, 5.41) is 9.97. The molecule has 1 atom stereocenters. The van der Waals surface area contributed by atoms with E-state index < -0.39 is 5.69 Å². The molecule has 0 radical (unpaired) electrons. The molecule has 2 N–H and O–H groups in total. The Morgan fingerprint density at radius 2 is 2.25 bits per heavy atom. The van der Waals surface area contributed by atoms with E-state index in [0.29, 0.717) is 29.7 Å². The van der Waals surface area contributed by atoms with Gasteiger partial charge in [0, 0.05) is 5.70 Å². The summed E-state index contributed by atoms with van der Waals surface area (Å²) in [6.45, 7) is 7.37. The molecule has 1 fully saturated rings. The van der Waals surface area contributed by atoms with Gasteiger partial charge in [-0.2, -0.15) is 0 Å². The maximum Gasteiger partial charge on any atom is 0.333 e. The second kappa shape index (κ2) is 7.12. The number of nitrogens with zero attached hydrogens (tertiary/aromatic N) is 3. The molecule has 2 heterocycles. The van der Waals surface area contributed by atoms with E-state index in [9.17, 15) is 9.90 Å². The van der Waals surface area contributed by atoms with Crippen molar-refractivity contribution in [3.8, 4) is 11.6 Å². The monoisotopic (exact) mass is 382 g/mol. The molecule has 8 nitrogen and oxygen atoms in total. The number of aromatic hydroxyl groups is 1. The summed E-state index contributed by atoms with van der Waals surface area (Å²) >= 11 is 0. The molecule has 1 unspecified atom stereocenters. The van der Waals surface area contributed by atoms with Gasteiger partial charge >= 0.3 is 11.7 Å². The van der Waals surface area contributed by atoms with Gasteiger partial charge in [0.25, 0.3) is 0 Å². The van der Waals surface area contributed by atoms with Crippen molar-refractivity contribution in [2.45, 2.75) is 39.4 Å². The zero-order chi connectivity index (χ0) is 19.8. The molecular formula is C20H22N4O4. The number of hydrogen-bond acceptors (Lipinski definition) is 5. The van der Waals surface area contributed by atoms with E-state index in [0.717, 1.165) is 10.1 Å². The van der Waals surface area contributed by atoms with Crippen LogP contribution in [-0.4, -0.2) is 27.4 Å². The average Bonchev–Trinajstić information content (AvgIpc) is 3.38. The second-order valence-electron chi connectivity index (χ2n) is 7.09. The predicted molar refractivity (Wildman–Crippen MR) is 106 cm³/mol. The molecular weight excluding hydrogens is 360 g/mol. The fourth-order valence-corrected chi connectivity index (χ4v) is 3.37. The molecule has 28 heavy (non-hydrogen) atoms. The SMILES string of the molecule is C=NC(=NC=C(C)n1c(O)c(C)[nH]c1=O)Oc1ccc2c(c1)C(C1CC1)OC2. The lowest BCUT2D eigenvalue weighted by atomic mass is 10.0. The van der Waals surface area contributed by atoms with Crippen LogP contribution in [0.1, 0.15) is 42.7 Å². The van der Waals surface area contributed by atoms with Gasteiger partial charge in [0.1, 0.15) is 5.75 Å². The first-order valence-electron chi connectivity index (χ1n) is 9.12. The Hall–Kier alpha value is -3.13. The van der Waals surface area contributed by atoms with Crippen LogP contribution in [0.2, 0.25) is 0 Å². The van der Waals surface area contributed by atoms with E-state index in [4.69, 9.17) is 9.47 Å². The maximum absolute atomic E-state index is 11.9. The second-order valence-corrected chi connectivity index (χ2v) is 7.09. The van der Waals surface area contributed by atoms with Crippen molar-refractivity contribution in [2.24, 2.45) is 15.9 Å². The van der Waals surface area contributed by atoms with Gasteiger partial charge in [-0.15, -0.1) is 0 Å². The molecule has 0 saturated heterocycles. The highest BCUT2D eigenvalue weighted by Crippen LogP contribution is 2.48. The third-order valence-corrected chi connectivity index (χ3v) is 5.00. The molecule has 0 amide bonds. The highest BCUT2D eigenvalue weighted by atomic mass is 16.5. The van der Waals surface area contributed by atoms with Gasteiger partial charge in [-0.1, -0.05) is 6.07 Å². The minimum Gasteiger partial charge on any atom is -0.493 e. The summed E-state index contributed by atoms with van der Waals surface area (Å²) in [7, 11) is 0. The molecule has 1 aromatic carbocycles. The van der Waals surface area contributed by atoms with Crippen molar-refractivity contribution < 1.29 is 14.6 Å². The summed E-state index contributed by atoms with van der Waals surface area (Å²) < 4.78 is 12.8. The van der Waals surface area contributed by atoms with Gasteiger partial charge in [-0.05, 0) is 62.6 Å². The number of imidazole rings is 1. The Bertz CT molecular complexity index is 1040. The van der Waals surface area contributed by atoms with Crippen molar-refractivity contribution in [3.63, 3.8) is 0 Å². The highest BCUT2D eigenvalue weighted by Gasteiger charge is 2.37. The first-order valence-corrected chi connectivity index (χ1v) is 9.12. The molecule has 2 aromatic rings. The Morgan fingerprint density at radius 3 is 2.89 bits per heavy atom. The van der Waals surface area contributed by atoms with Crippen LogP contribution < -0.4 is 10.4 Å². The van der Waals surface area contributed by atoms with Crippen molar-refractivity contribution >= 4 is 18.4 Å². The number of nitrogens with one attached hydrogen (secondary N) is 1. The summed E-state index contributed by atoms with van der Waals surface area (Å²) in [5.41, 5.74) is 2.69. The zero-order valence-electron chi connectivity index (χ0n) is 15.8. The van der Waals surface area contributed by atoms with Crippen molar-refractivity contribution in [2.75, 3.05) is 0 Å². The number of amidine groups is 1. The fraction of sp³-hybridized carbons (Fsp3) is 0.350. The van der Waals surface area contributed by atoms with Crippen molar-refractivity contribution in [1.82, 2.24) is 9.55 Å². The van der Waals surface area contributed by atoms with Crippen LogP contribution in [0.3, 0.4) is 0 Å². The lowest BCUT2D eigenvalue weighted by molar-refractivity contribution is 0.0506. The normalized spacial score (nSPS) is 19.6. The summed E-state index contributed by atoms with van der Waals surface area (Å²) in [6, 6.07) is 5.85. The topological polar surface area (TPSA) is 101 Å². The summed E-state index contributed by atoms with van der Waals surface area (Å²) in [4.78, 5) is 22.4. The predicted octanol–water partition coefficient (Wildman–Crippen LogP) is 3.13. The average molecular weight is 382 g/mol. The quantitative estimate of drug-likeness (QED) is 0.626. The smallest absolute Gasteiger partial charge is 0.333 e. The number of fused-ring (bicyclic) bond motifs is 1. The number of aromatic nitrogens is 2. The standard InChI is InChI=1S/C20H22N4O4/c1-11(24-18(25)12(2)23-20(24)26)9-22-19(21-3)28-15-7-6-14-10-27-17(13-4-5-13)16(14)8-15/h6-9,13,17,25H,3-5,10H2,1-2H3,(H,23,26). The van der Waals surface area contributed by atoms with E-state index in [1.807, 2.05) is 18.2 Å². The van der Waals surface area contributed by atoms with E-state index in [1.165, 1.54) is 24.6 Å². The maximum atomic E-state index is 11.9. The van der Waals surface area contributed by atoms with Gasteiger partial charge in [0.15, 0.2) is 0 Å². The Balaban J connectivity index is 1.56. The number of H-pyrrole nitrogens is 1. The number of hydrogen-bond donors (Lipinski definition) is 2. The number of rotatable bonds is 4. The van der Waals surface area contributed by atoms with Crippen LogP contribution in [0, 0.1) is 12.8 Å². The Morgan fingerprint density at radius 1 is 1.46 bits per heavy atom. The van der Waals surface area contributed by atoms with Gasteiger partial charge < -0.3 is 19.6 Å². The van der Waals surface area contributed by atoms with Gasteiger partial charge in [0.2, 0.25) is 5.88 Å². The minimum absolute atomic E-state index is 0.0426.